The summed E-state index contributed by atoms with van der Waals surface area (Å²) >= 11 is 9.35. The van der Waals surface area contributed by atoms with E-state index >= 15 is 0 Å². The summed E-state index contributed by atoms with van der Waals surface area (Å²) in [6.45, 7) is 0.140. The topological polar surface area (TPSA) is 96.3 Å². The predicted octanol–water partition coefficient (Wildman–Crippen LogP) is 4.76. The molecule has 0 aliphatic carbocycles. The average Bonchev–Trinajstić information content (AvgIpc) is 3.20. The molecule has 2 N–H and O–H groups in total. The van der Waals surface area contributed by atoms with Crippen molar-refractivity contribution in [2.75, 3.05) is 7.11 Å². The summed E-state index contributed by atoms with van der Waals surface area (Å²) in [5, 5.41) is 4.08. The van der Waals surface area contributed by atoms with Crippen LogP contribution in [0.3, 0.4) is 0 Å². The van der Waals surface area contributed by atoms with Crippen molar-refractivity contribution in [1.29, 1.82) is 0 Å². The van der Waals surface area contributed by atoms with E-state index in [1.54, 1.807) is 24.3 Å². The van der Waals surface area contributed by atoms with Crippen molar-refractivity contribution < 1.29 is 23.5 Å². The molecule has 1 aromatic heterocycles. The molecule has 2 aromatic carbocycles. The summed E-state index contributed by atoms with van der Waals surface area (Å²) in [7, 11) is 1.48. The molecular formula is C20H16BrClN2O5. The van der Waals surface area contributed by atoms with Gasteiger partial charge >= 0.3 is 5.97 Å². The van der Waals surface area contributed by atoms with Crippen LogP contribution < -0.4 is 15.2 Å². The monoisotopic (exact) mass is 478 g/mol. The van der Waals surface area contributed by atoms with Crippen LogP contribution in [0.4, 0.5) is 0 Å². The lowest BCUT2D eigenvalue weighted by Crippen LogP contribution is -2.16. The first-order chi connectivity index (χ1) is 14.0. The first-order valence-corrected chi connectivity index (χ1v) is 9.50. The molecule has 0 atom stereocenters. The van der Waals surface area contributed by atoms with E-state index in [9.17, 15) is 4.79 Å². The molecule has 0 radical (unpaired) electrons. The summed E-state index contributed by atoms with van der Waals surface area (Å²) in [5.74, 6) is 0.631. The van der Waals surface area contributed by atoms with Crippen LogP contribution in [-0.2, 0) is 11.4 Å². The Morgan fingerprint density at radius 3 is 2.72 bits per heavy atom. The first kappa shape index (κ1) is 20.8. The second-order valence-electron chi connectivity index (χ2n) is 5.68. The molecule has 1 heterocycles. The van der Waals surface area contributed by atoms with Gasteiger partial charge in [-0.15, -0.1) is 0 Å². The van der Waals surface area contributed by atoms with Gasteiger partial charge in [0, 0.05) is 5.02 Å². The fourth-order valence-electron chi connectivity index (χ4n) is 2.34. The van der Waals surface area contributed by atoms with Crippen molar-refractivity contribution in [3.63, 3.8) is 0 Å². The van der Waals surface area contributed by atoms with E-state index in [1.807, 2.05) is 24.3 Å². The molecule has 0 aliphatic rings. The number of nitrogens with zero attached hydrogens (tertiary/aromatic N) is 1. The molecule has 9 heteroatoms. The molecular weight excluding hydrogens is 464 g/mol. The zero-order chi connectivity index (χ0) is 20.8. The van der Waals surface area contributed by atoms with Gasteiger partial charge in [0.05, 0.1) is 17.1 Å². The molecule has 0 saturated carbocycles. The number of ether oxygens (including phenoxy) is 2. The maximum atomic E-state index is 12.2. The van der Waals surface area contributed by atoms with E-state index in [4.69, 9.17) is 36.1 Å². The van der Waals surface area contributed by atoms with Gasteiger partial charge in [-0.3, -0.25) is 0 Å². The third kappa shape index (κ3) is 5.30. The second kappa shape index (κ2) is 9.49. The van der Waals surface area contributed by atoms with Crippen molar-refractivity contribution in [2.45, 2.75) is 6.61 Å². The van der Waals surface area contributed by atoms with Crippen LogP contribution in [0.5, 0.6) is 11.5 Å². The number of halogens is 2. The van der Waals surface area contributed by atoms with Crippen molar-refractivity contribution >= 4 is 39.3 Å². The normalized spacial score (nSPS) is 11.2. The number of nitrogens with two attached hydrogens (primary N) is 1. The van der Waals surface area contributed by atoms with Gasteiger partial charge in [0.25, 0.3) is 0 Å². The molecule has 0 amide bonds. The Hall–Kier alpha value is -2.97. The Bertz CT molecular complexity index is 1050. The van der Waals surface area contributed by atoms with Gasteiger partial charge in [-0.2, -0.15) is 0 Å². The van der Waals surface area contributed by atoms with Crippen LogP contribution in [0, 0.1) is 0 Å². The lowest BCUT2D eigenvalue weighted by atomic mass is 10.2. The lowest BCUT2D eigenvalue weighted by molar-refractivity contribution is 0.0475. The summed E-state index contributed by atoms with van der Waals surface area (Å²) < 4.78 is 17.1. The van der Waals surface area contributed by atoms with Gasteiger partial charge in [0.15, 0.2) is 5.84 Å². The van der Waals surface area contributed by atoms with E-state index in [-0.39, 0.29) is 18.2 Å². The highest BCUT2D eigenvalue weighted by molar-refractivity contribution is 9.10. The van der Waals surface area contributed by atoms with Gasteiger partial charge in [-0.25, -0.2) is 4.79 Å². The smallest absolute Gasteiger partial charge is 0.400 e. The van der Waals surface area contributed by atoms with Crippen molar-refractivity contribution in [3.05, 3.63) is 81.2 Å². The van der Waals surface area contributed by atoms with Crippen LogP contribution in [0.1, 0.15) is 21.9 Å². The standard InChI is InChI=1S/C20H16BrClN2O5/c1-26-16-8-6-12(22)10-14(16)19(23)24-29-20(25)18-9-7-13(28-18)11-27-17-5-3-2-4-15(17)21/h2-10H,11H2,1H3,(H2,23,24). The third-order valence-electron chi connectivity index (χ3n) is 3.73. The number of hydrogen-bond donors (Lipinski definition) is 1. The molecule has 7 nitrogen and oxygen atoms in total. The fraction of sp³-hybridized carbons (Fsp3) is 0.100. The number of benzene rings is 2. The number of carbonyl (C=O) groups excluding carboxylic acids is 1. The van der Waals surface area contributed by atoms with E-state index in [0.717, 1.165) is 4.47 Å². The minimum absolute atomic E-state index is 0.0367. The second-order valence-corrected chi connectivity index (χ2v) is 6.98. The van der Waals surface area contributed by atoms with Crippen molar-refractivity contribution in [1.82, 2.24) is 0 Å². The molecule has 29 heavy (non-hydrogen) atoms. The van der Waals surface area contributed by atoms with Gasteiger partial charge in [0.2, 0.25) is 5.76 Å². The van der Waals surface area contributed by atoms with Gasteiger partial charge in [-0.05, 0) is 58.4 Å². The molecule has 0 spiro atoms. The molecule has 0 saturated heterocycles. The van der Waals surface area contributed by atoms with Gasteiger partial charge in [0.1, 0.15) is 23.9 Å². The largest absolute Gasteiger partial charge is 0.496 e. The van der Waals surface area contributed by atoms with Crippen LogP contribution in [0.2, 0.25) is 5.02 Å². The SMILES string of the molecule is COc1ccc(Cl)cc1/C(N)=N/OC(=O)c1ccc(COc2ccccc2Br)o1. The number of amidine groups is 1. The Balaban J connectivity index is 1.64. The van der Waals surface area contributed by atoms with E-state index in [2.05, 4.69) is 21.1 Å². The Kier molecular flexibility index (Phi) is 6.79. The molecule has 150 valence electrons. The Morgan fingerprint density at radius 1 is 1.17 bits per heavy atom. The van der Waals surface area contributed by atoms with E-state index in [0.29, 0.717) is 27.8 Å². The summed E-state index contributed by atoms with van der Waals surface area (Å²) in [5.41, 5.74) is 6.28. The summed E-state index contributed by atoms with van der Waals surface area (Å²) in [6.07, 6.45) is 0. The molecule has 0 aliphatic heterocycles. The molecule has 0 bridgehead atoms. The fourth-order valence-corrected chi connectivity index (χ4v) is 2.91. The molecule has 3 aromatic rings. The number of para-hydroxylation sites is 1. The van der Waals surface area contributed by atoms with Gasteiger partial charge in [-0.1, -0.05) is 28.9 Å². The lowest BCUT2D eigenvalue weighted by Gasteiger charge is -2.07. The number of hydrogen-bond acceptors (Lipinski definition) is 6. The van der Waals surface area contributed by atoms with E-state index < -0.39 is 5.97 Å². The number of rotatable bonds is 7. The Morgan fingerprint density at radius 2 is 1.97 bits per heavy atom. The predicted molar refractivity (Wildman–Crippen MR) is 111 cm³/mol. The minimum atomic E-state index is -0.805. The van der Waals surface area contributed by atoms with E-state index in [1.165, 1.54) is 13.2 Å². The Labute approximate surface area is 180 Å². The molecule has 3 rings (SSSR count). The minimum Gasteiger partial charge on any atom is -0.496 e. The molecule has 0 fully saturated rings. The number of methoxy groups -OCH3 is 1. The van der Waals surface area contributed by atoms with Crippen molar-refractivity contribution in [2.24, 2.45) is 10.9 Å². The van der Waals surface area contributed by atoms with Crippen LogP contribution in [0.25, 0.3) is 0 Å². The third-order valence-corrected chi connectivity index (χ3v) is 4.62. The number of furan rings is 1. The summed E-state index contributed by atoms with van der Waals surface area (Å²) in [6, 6.07) is 15.3. The molecule has 0 unspecified atom stereocenters. The maximum Gasteiger partial charge on any atom is 0.400 e. The highest BCUT2D eigenvalue weighted by Crippen LogP contribution is 2.25. The quantitative estimate of drug-likeness (QED) is 0.227. The highest BCUT2D eigenvalue weighted by Gasteiger charge is 2.15. The first-order valence-electron chi connectivity index (χ1n) is 8.32. The average molecular weight is 480 g/mol. The van der Waals surface area contributed by atoms with Gasteiger partial charge < -0.3 is 24.5 Å². The van der Waals surface area contributed by atoms with Crippen LogP contribution >= 0.6 is 27.5 Å². The van der Waals surface area contributed by atoms with Crippen LogP contribution in [-0.4, -0.2) is 18.9 Å². The van der Waals surface area contributed by atoms with Crippen molar-refractivity contribution in [3.8, 4) is 11.5 Å². The highest BCUT2D eigenvalue weighted by atomic mass is 79.9. The number of oxime groups is 1. The van der Waals surface area contributed by atoms with Crippen LogP contribution in [0.15, 0.2) is 68.6 Å². The zero-order valence-electron chi connectivity index (χ0n) is 15.2. The maximum absolute atomic E-state index is 12.2. The number of carbonyl (C=O) groups is 1. The summed E-state index contributed by atoms with van der Waals surface area (Å²) in [4.78, 5) is 17.0. The zero-order valence-corrected chi connectivity index (χ0v) is 17.6.